The highest BCUT2D eigenvalue weighted by Gasteiger charge is 2.29. The summed E-state index contributed by atoms with van der Waals surface area (Å²) in [6, 6.07) is 5.28. The van der Waals surface area contributed by atoms with Gasteiger partial charge in [0.2, 0.25) is 0 Å². The number of halogens is 3. The van der Waals surface area contributed by atoms with Crippen molar-refractivity contribution in [3.05, 3.63) is 77.6 Å². The molecule has 0 aromatic heterocycles. The van der Waals surface area contributed by atoms with E-state index in [0.29, 0.717) is 0 Å². The molecular weight excluding hydrogens is 361 g/mol. The molecule has 0 saturated heterocycles. The van der Waals surface area contributed by atoms with E-state index in [1.807, 2.05) is 30.6 Å². The minimum absolute atomic E-state index is 0.602. The van der Waals surface area contributed by atoms with Gasteiger partial charge < -0.3 is 4.74 Å². The Kier molecular flexibility index (Phi) is 9.67. The number of alkyl halides is 3. The van der Waals surface area contributed by atoms with Crippen molar-refractivity contribution in [3.8, 4) is 0 Å². The van der Waals surface area contributed by atoms with E-state index >= 15 is 0 Å². The summed E-state index contributed by atoms with van der Waals surface area (Å²) in [5, 5.41) is 0. The first-order chi connectivity index (χ1) is 13.6. The van der Waals surface area contributed by atoms with Crippen LogP contribution < -0.4 is 0 Å². The van der Waals surface area contributed by atoms with E-state index in [9.17, 15) is 13.2 Å². The van der Waals surface area contributed by atoms with Gasteiger partial charge in [-0.2, -0.15) is 13.2 Å². The van der Waals surface area contributed by atoms with Crippen molar-refractivity contribution < 1.29 is 17.9 Å². The van der Waals surface area contributed by atoms with Crippen molar-refractivity contribution in [2.45, 2.75) is 57.5 Å². The maximum absolute atomic E-state index is 12.5. The molecule has 0 spiro atoms. The summed E-state index contributed by atoms with van der Waals surface area (Å²) in [5.74, 6) is 0. The van der Waals surface area contributed by atoms with Crippen LogP contribution in [0.25, 0.3) is 6.08 Å². The van der Waals surface area contributed by atoms with E-state index in [-0.39, 0.29) is 0 Å². The molecular formula is C24H29F3O. The number of hydrogen-bond donors (Lipinski definition) is 0. The van der Waals surface area contributed by atoms with E-state index in [1.54, 1.807) is 0 Å². The van der Waals surface area contributed by atoms with Crippen molar-refractivity contribution in [2.24, 2.45) is 0 Å². The second-order valence-corrected chi connectivity index (χ2v) is 6.99. The number of unbranched alkanes of at least 4 members (excludes halogenated alkanes) is 6. The summed E-state index contributed by atoms with van der Waals surface area (Å²) >= 11 is 0. The highest BCUT2D eigenvalue weighted by atomic mass is 19.4. The summed E-state index contributed by atoms with van der Waals surface area (Å²) < 4.78 is 43.1. The van der Waals surface area contributed by atoms with Crippen LogP contribution in [0.3, 0.4) is 0 Å². The molecule has 0 bridgehead atoms. The van der Waals surface area contributed by atoms with Crippen molar-refractivity contribution in [3.63, 3.8) is 0 Å². The van der Waals surface area contributed by atoms with Gasteiger partial charge in [-0.15, -0.1) is 0 Å². The van der Waals surface area contributed by atoms with Crippen LogP contribution in [0, 0.1) is 0 Å². The first kappa shape index (κ1) is 22.1. The second-order valence-electron chi connectivity index (χ2n) is 6.99. The minimum Gasteiger partial charge on any atom is -0.501 e. The zero-order valence-electron chi connectivity index (χ0n) is 16.3. The highest BCUT2D eigenvalue weighted by Crippen LogP contribution is 2.29. The number of hydrogen-bond acceptors (Lipinski definition) is 1. The van der Waals surface area contributed by atoms with Gasteiger partial charge in [-0.1, -0.05) is 74.3 Å². The number of ether oxygens (including phenoxy) is 1. The Labute approximate surface area is 166 Å². The largest absolute Gasteiger partial charge is 0.501 e. The summed E-state index contributed by atoms with van der Waals surface area (Å²) in [6.07, 6.45) is 18.7. The lowest BCUT2D eigenvalue weighted by Gasteiger charge is -2.06. The lowest BCUT2D eigenvalue weighted by Crippen LogP contribution is -2.03. The molecule has 1 aliphatic carbocycles. The summed E-state index contributed by atoms with van der Waals surface area (Å²) in [7, 11) is 0. The molecule has 1 aliphatic rings. The summed E-state index contributed by atoms with van der Waals surface area (Å²) in [6.45, 7) is 0.775. The Morgan fingerprint density at radius 1 is 0.893 bits per heavy atom. The standard InChI is InChI=1S/C24H29F3O/c25-24(26,27)23-17-15-21(16-18-23)12-8-5-3-1-2-4-6-11-19-28-20-22-13-9-7-10-14-22/h7-10,12-13,15-18,20H,1-6,11,14,19H2/b12-8+,22-20?. The normalized spacial score (nSPS) is 15.6. The lowest BCUT2D eigenvalue weighted by molar-refractivity contribution is -0.137. The van der Waals surface area contributed by atoms with Crippen LogP contribution in [0.15, 0.2) is 66.5 Å². The Bertz CT molecular complexity index is 679. The lowest BCUT2D eigenvalue weighted by atomic mass is 10.1. The molecule has 0 aliphatic heterocycles. The van der Waals surface area contributed by atoms with Gasteiger partial charge in [-0.05, 0) is 49.0 Å². The number of benzene rings is 1. The van der Waals surface area contributed by atoms with Crippen LogP contribution in [0.4, 0.5) is 13.2 Å². The fourth-order valence-electron chi connectivity index (χ4n) is 2.94. The molecule has 152 valence electrons. The molecule has 1 aromatic rings. The van der Waals surface area contributed by atoms with Crippen molar-refractivity contribution in [2.75, 3.05) is 6.61 Å². The Morgan fingerprint density at radius 3 is 2.29 bits per heavy atom. The molecule has 0 saturated carbocycles. The van der Waals surface area contributed by atoms with Gasteiger partial charge in [0.25, 0.3) is 0 Å². The van der Waals surface area contributed by atoms with Gasteiger partial charge >= 0.3 is 6.18 Å². The van der Waals surface area contributed by atoms with E-state index in [2.05, 4.69) is 12.2 Å². The highest BCUT2D eigenvalue weighted by molar-refractivity contribution is 5.49. The second kappa shape index (κ2) is 12.3. The molecule has 2 rings (SSSR count). The topological polar surface area (TPSA) is 9.23 Å². The third kappa shape index (κ3) is 9.12. The zero-order chi connectivity index (χ0) is 20.1. The Balaban J connectivity index is 1.44. The van der Waals surface area contributed by atoms with Gasteiger partial charge in [0.1, 0.15) is 0 Å². The summed E-state index contributed by atoms with van der Waals surface area (Å²) in [5.41, 5.74) is 1.42. The quantitative estimate of drug-likeness (QED) is 0.276. The summed E-state index contributed by atoms with van der Waals surface area (Å²) in [4.78, 5) is 0. The minimum atomic E-state index is -4.27. The van der Waals surface area contributed by atoms with Crippen molar-refractivity contribution >= 4 is 6.08 Å². The monoisotopic (exact) mass is 390 g/mol. The van der Waals surface area contributed by atoms with Crippen LogP contribution >= 0.6 is 0 Å². The van der Waals surface area contributed by atoms with Crippen molar-refractivity contribution in [1.82, 2.24) is 0 Å². The fourth-order valence-corrected chi connectivity index (χ4v) is 2.94. The van der Waals surface area contributed by atoms with Crippen LogP contribution in [0.5, 0.6) is 0 Å². The average molecular weight is 390 g/mol. The average Bonchev–Trinajstić information content (AvgIpc) is 2.69. The van der Waals surface area contributed by atoms with Crippen LogP contribution in [-0.2, 0) is 10.9 Å². The molecule has 28 heavy (non-hydrogen) atoms. The fraction of sp³-hybridized carbons (Fsp3) is 0.417. The molecule has 0 fully saturated rings. The van der Waals surface area contributed by atoms with E-state index in [0.717, 1.165) is 50.0 Å². The molecule has 1 aromatic carbocycles. The molecule has 0 unspecified atom stereocenters. The predicted molar refractivity (Wildman–Crippen MR) is 110 cm³/mol. The first-order valence-corrected chi connectivity index (χ1v) is 10.0. The zero-order valence-corrected chi connectivity index (χ0v) is 16.3. The molecule has 0 amide bonds. The Hall–Kier alpha value is -2.23. The number of allylic oxidation sites excluding steroid dienone is 6. The van der Waals surface area contributed by atoms with Crippen LogP contribution in [0.1, 0.15) is 62.5 Å². The molecule has 0 radical (unpaired) electrons. The van der Waals surface area contributed by atoms with E-state index in [4.69, 9.17) is 4.74 Å². The maximum atomic E-state index is 12.5. The Morgan fingerprint density at radius 2 is 1.61 bits per heavy atom. The third-order valence-electron chi connectivity index (χ3n) is 4.58. The van der Waals surface area contributed by atoms with Gasteiger partial charge in [0.05, 0.1) is 18.4 Å². The molecule has 0 heterocycles. The molecule has 4 heteroatoms. The smallest absolute Gasteiger partial charge is 0.416 e. The van der Waals surface area contributed by atoms with E-state index < -0.39 is 11.7 Å². The van der Waals surface area contributed by atoms with E-state index in [1.165, 1.54) is 43.4 Å². The van der Waals surface area contributed by atoms with Crippen LogP contribution in [-0.4, -0.2) is 6.61 Å². The SMILES string of the molecule is FC(F)(F)c1ccc(/C=C/CCCCCCCCOC=C2C=CC=CC2)cc1. The van der Waals surface area contributed by atoms with Gasteiger partial charge in [-0.25, -0.2) is 0 Å². The number of rotatable bonds is 11. The molecule has 0 atom stereocenters. The van der Waals surface area contributed by atoms with Gasteiger partial charge in [0.15, 0.2) is 0 Å². The third-order valence-corrected chi connectivity index (χ3v) is 4.58. The van der Waals surface area contributed by atoms with Gasteiger partial charge in [-0.3, -0.25) is 0 Å². The van der Waals surface area contributed by atoms with Gasteiger partial charge in [0, 0.05) is 0 Å². The first-order valence-electron chi connectivity index (χ1n) is 10.0. The molecule has 1 nitrogen and oxygen atoms in total. The van der Waals surface area contributed by atoms with Crippen LogP contribution in [0.2, 0.25) is 0 Å². The predicted octanol–water partition coefficient (Wildman–Crippen LogP) is 7.87. The maximum Gasteiger partial charge on any atom is 0.416 e. The van der Waals surface area contributed by atoms with Crippen molar-refractivity contribution in [1.29, 1.82) is 0 Å². The molecule has 0 N–H and O–H groups in total.